The number of hydrogen-bond donors (Lipinski definition) is 1. The van der Waals surface area contributed by atoms with Crippen LogP contribution >= 0.6 is 11.6 Å². The summed E-state index contributed by atoms with van der Waals surface area (Å²) in [6.07, 6.45) is 8.14. The monoisotopic (exact) mass is 279 g/mol. The van der Waals surface area contributed by atoms with Gasteiger partial charge in [-0.3, -0.25) is 0 Å². The normalized spacial score (nSPS) is 17.8. The standard InChI is InChI=1S/C17H26ClN/c1-3-10-19-17(12-14-6-4-5-7-14)15-8-9-16(18)13(2)11-15/h8-9,11,14,17,19H,3-7,10,12H2,1-2H3. The smallest absolute Gasteiger partial charge is 0.0435 e. The Hall–Kier alpha value is -0.530. The molecule has 1 N–H and O–H groups in total. The predicted octanol–water partition coefficient (Wildman–Crippen LogP) is 5.27. The zero-order chi connectivity index (χ0) is 13.7. The van der Waals surface area contributed by atoms with E-state index < -0.39 is 0 Å². The second kappa shape index (κ2) is 7.31. The average Bonchev–Trinajstić information content (AvgIpc) is 2.91. The van der Waals surface area contributed by atoms with Crippen LogP contribution in [0.3, 0.4) is 0 Å². The maximum absolute atomic E-state index is 6.14. The van der Waals surface area contributed by atoms with E-state index in [-0.39, 0.29) is 0 Å². The molecular formula is C17H26ClN. The van der Waals surface area contributed by atoms with E-state index >= 15 is 0 Å². The zero-order valence-electron chi connectivity index (χ0n) is 12.2. The predicted molar refractivity (Wildman–Crippen MR) is 83.8 cm³/mol. The molecule has 0 amide bonds. The molecule has 0 spiro atoms. The molecular weight excluding hydrogens is 254 g/mol. The first kappa shape index (κ1) is 14.9. The molecule has 1 nitrogen and oxygen atoms in total. The topological polar surface area (TPSA) is 12.0 Å². The summed E-state index contributed by atoms with van der Waals surface area (Å²) in [4.78, 5) is 0. The Morgan fingerprint density at radius 2 is 2.05 bits per heavy atom. The lowest BCUT2D eigenvalue weighted by atomic mass is 9.93. The lowest BCUT2D eigenvalue weighted by molar-refractivity contribution is 0.395. The van der Waals surface area contributed by atoms with Crippen molar-refractivity contribution in [1.29, 1.82) is 0 Å². The van der Waals surface area contributed by atoms with Crippen LogP contribution in [-0.4, -0.2) is 6.54 Å². The van der Waals surface area contributed by atoms with Gasteiger partial charge in [-0.05, 0) is 49.4 Å². The highest BCUT2D eigenvalue weighted by Gasteiger charge is 2.21. The van der Waals surface area contributed by atoms with Gasteiger partial charge in [-0.15, -0.1) is 0 Å². The highest BCUT2D eigenvalue weighted by atomic mass is 35.5. The molecule has 1 saturated carbocycles. The van der Waals surface area contributed by atoms with Crippen LogP contribution in [0.25, 0.3) is 0 Å². The van der Waals surface area contributed by atoms with E-state index in [0.29, 0.717) is 6.04 Å². The van der Waals surface area contributed by atoms with Gasteiger partial charge in [-0.1, -0.05) is 56.3 Å². The third kappa shape index (κ3) is 4.22. The highest BCUT2D eigenvalue weighted by Crippen LogP contribution is 2.33. The molecule has 2 rings (SSSR count). The molecule has 0 bridgehead atoms. The fraction of sp³-hybridized carbons (Fsp3) is 0.647. The van der Waals surface area contributed by atoms with Crippen molar-refractivity contribution >= 4 is 11.6 Å². The highest BCUT2D eigenvalue weighted by molar-refractivity contribution is 6.31. The fourth-order valence-corrected chi connectivity index (χ4v) is 3.24. The minimum Gasteiger partial charge on any atom is -0.310 e. The molecule has 0 aliphatic heterocycles. The van der Waals surface area contributed by atoms with E-state index in [2.05, 4.69) is 31.3 Å². The van der Waals surface area contributed by atoms with E-state index in [1.165, 1.54) is 49.7 Å². The molecule has 2 heteroatoms. The van der Waals surface area contributed by atoms with Crippen LogP contribution < -0.4 is 5.32 Å². The van der Waals surface area contributed by atoms with Crippen molar-refractivity contribution in [2.24, 2.45) is 5.92 Å². The Morgan fingerprint density at radius 1 is 1.32 bits per heavy atom. The molecule has 0 heterocycles. The lowest BCUT2D eigenvalue weighted by Gasteiger charge is -2.23. The van der Waals surface area contributed by atoms with Crippen LogP contribution in [0, 0.1) is 12.8 Å². The molecule has 1 fully saturated rings. The molecule has 1 aliphatic carbocycles. The summed E-state index contributed by atoms with van der Waals surface area (Å²) in [5, 5.41) is 4.59. The zero-order valence-corrected chi connectivity index (χ0v) is 13.0. The molecule has 0 aromatic heterocycles. The van der Waals surface area contributed by atoms with E-state index in [4.69, 9.17) is 11.6 Å². The van der Waals surface area contributed by atoms with Crippen LogP contribution in [0.4, 0.5) is 0 Å². The van der Waals surface area contributed by atoms with Gasteiger partial charge in [0.05, 0.1) is 0 Å². The van der Waals surface area contributed by atoms with Crippen LogP contribution in [0.1, 0.15) is 62.6 Å². The van der Waals surface area contributed by atoms with Gasteiger partial charge in [0, 0.05) is 11.1 Å². The first-order valence-electron chi connectivity index (χ1n) is 7.70. The van der Waals surface area contributed by atoms with E-state index in [9.17, 15) is 0 Å². The number of rotatable bonds is 6. The van der Waals surface area contributed by atoms with Crippen LogP contribution in [0.5, 0.6) is 0 Å². The molecule has 1 aromatic carbocycles. The van der Waals surface area contributed by atoms with Gasteiger partial charge >= 0.3 is 0 Å². The van der Waals surface area contributed by atoms with Gasteiger partial charge in [-0.25, -0.2) is 0 Å². The van der Waals surface area contributed by atoms with Gasteiger partial charge in [0.25, 0.3) is 0 Å². The first-order chi connectivity index (χ1) is 9.20. The molecule has 19 heavy (non-hydrogen) atoms. The lowest BCUT2D eigenvalue weighted by Crippen LogP contribution is -2.24. The largest absolute Gasteiger partial charge is 0.310 e. The van der Waals surface area contributed by atoms with Crippen molar-refractivity contribution in [3.05, 3.63) is 34.3 Å². The van der Waals surface area contributed by atoms with E-state index in [0.717, 1.165) is 17.5 Å². The number of halogens is 1. The third-order valence-corrected chi connectivity index (χ3v) is 4.69. The molecule has 1 aromatic rings. The second-order valence-corrected chi connectivity index (χ2v) is 6.31. The molecule has 0 radical (unpaired) electrons. The number of hydrogen-bond acceptors (Lipinski definition) is 1. The number of benzene rings is 1. The van der Waals surface area contributed by atoms with Crippen molar-refractivity contribution in [3.63, 3.8) is 0 Å². The third-order valence-electron chi connectivity index (χ3n) is 4.27. The summed E-state index contributed by atoms with van der Waals surface area (Å²) in [6.45, 7) is 5.42. The van der Waals surface area contributed by atoms with Gasteiger partial charge < -0.3 is 5.32 Å². The summed E-state index contributed by atoms with van der Waals surface area (Å²) in [5.74, 6) is 0.908. The number of nitrogens with one attached hydrogen (secondary N) is 1. The Labute approximate surface area is 122 Å². The van der Waals surface area contributed by atoms with Gasteiger partial charge in [0.15, 0.2) is 0 Å². The molecule has 106 valence electrons. The van der Waals surface area contributed by atoms with Crippen molar-refractivity contribution in [1.82, 2.24) is 5.32 Å². The Morgan fingerprint density at radius 3 is 2.68 bits per heavy atom. The minimum atomic E-state index is 0.499. The SMILES string of the molecule is CCCNC(CC1CCCC1)c1ccc(Cl)c(C)c1. The molecule has 0 saturated heterocycles. The van der Waals surface area contributed by atoms with Gasteiger partial charge in [-0.2, -0.15) is 0 Å². The molecule has 1 unspecified atom stereocenters. The van der Waals surface area contributed by atoms with Gasteiger partial charge in [0.1, 0.15) is 0 Å². The Balaban J connectivity index is 2.08. The molecule has 1 aliphatic rings. The summed E-state index contributed by atoms with van der Waals surface area (Å²) in [5.41, 5.74) is 2.59. The van der Waals surface area contributed by atoms with Crippen LogP contribution in [0.2, 0.25) is 5.02 Å². The fourth-order valence-electron chi connectivity index (χ4n) is 3.12. The van der Waals surface area contributed by atoms with Crippen molar-refractivity contribution in [2.75, 3.05) is 6.54 Å². The second-order valence-electron chi connectivity index (χ2n) is 5.90. The summed E-state index contributed by atoms with van der Waals surface area (Å²) < 4.78 is 0. The van der Waals surface area contributed by atoms with Crippen molar-refractivity contribution < 1.29 is 0 Å². The summed E-state index contributed by atoms with van der Waals surface area (Å²) >= 11 is 6.14. The minimum absolute atomic E-state index is 0.499. The maximum Gasteiger partial charge on any atom is 0.0435 e. The van der Waals surface area contributed by atoms with Gasteiger partial charge in [0.2, 0.25) is 0 Å². The maximum atomic E-state index is 6.14. The Kier molecular flexibility index (Phi) is 5.72. The van der Waals surface area contributed by atoms with E-state index in [1.807, 2.05) is 6.07 Å². The van der Waals surface area contributed by atoms with E-state index in [1.54, 1.807) is 0 Å². The van der Waals surface area contributed by atoms with Crippen molar-refractivity contribution in [2.45, 2.75) is 58.4 Å². The summed E-state index contributed by atoms with van der Waals surface area (Å²) in [7, 11) is 0. The van der Waals surface area contributed by atoms with Crippen molar-refractivity contribution in [3.8, 4) is 0 Å². The average molecular weight is 280 g/mol. The van der Waals surface area contributed by atoms with Crippen LogP contribution in [0.15, 0.2) is 18.2 Å². The van der Waals surface area contributed by atoms with Crippen LogP contribution in [-0.2, 0) is 0 Å². The number of aryl methyl sites for hydroxylation is 1. The quantitative estimate of drug-likeness (QED) is 0.748. The Bertz CT molecular complexity index is 396. The summed E-state index contributed by atoms with van der Waals surface area (Å²) in [6, 6.07) is 6.99. The molecule has 1 atom stereocenters. The first-order valence-corrected chi connectivity index (χ1v) is 8.08.